The summed E-state index contributed by atoms with van der Waals surface area (Å²) in [5, 5.41) is 6.66. The van der Waals surface area contributed by atoms with E-state index in [1.54, 1.807) is 0 Å². The first-order valence-corrected chi connectivity index (χ1v) is 4.37. The Morgan fingerprint density at radius 2 is 2.09 bits per heavy atom. The Bertz CT molecular complexity index is 99.5. The monoisotopic (exact) mass is 156 g/mol. The molecule has 0 aromatic heterocycles. The zero-order chi connectivity index (χ0) is 8.10. The quantitative estimate of drug-likeness (QED) is 0.603. The van der Waals surface area contributed by atoms with Gasteiger partial charge in [0.05, 0.1) is 0 Å². The van der Waals surface area contributed by atoms with E-state index in [2.05, 4.69) is 29.4 Å². The molecule has 1 heterocycles. The van der Waals surface area contributed by atoms with Crippen LogP contribution in [0, 0.1) is 6.17 Å². The van der Waals surface area contributed by atoms with E-state index in [9.17, 15) is 0 Å². The average molecular weight is 156 g/mol. The highest BCUT2D eigenvalue weighted by atomic mass is 15.3. The van der Waals surface area contributed by atoms with Crippen LogP contribution >= 0.6 is 0 Å². The molecule has 0 aromatic carbocycles. The van der Waals surface area contributed by atoms with Gasteiger partial charge < -0.3 is 5.32 Å². The van der Waals surface area contributed by atoms with Crippen molar-refractivity contribution in [2.24, 2.45) is 0 Å². The normalized spacial score (nSPS) is 21.0. The van der Waals surface area contributed by atoms with Crippen LogP contribution in [0.15, 0.2) is 0 Å². The molecule has 1 rings (SSSR count). The van der Waals surface area contributed by atoms with Gasteiger partial charge in [-0.3, -0.25) is 10.2 Å². The lowest BCUT2D eigenvalue weighted by atomic mass is 10.3. The highest BCUT2D eigenvalue weighted by Gasteiger charge is 2.15. The molecular weight excluding hydrogens is 138 g/mol. The second kappa shape index (κ2) is 4.70. The minimum absolute atomic E-state index is 1.02. The fourth-order valence-corrected chi connectivity index (χ4v) is 1.37. The van der Waals surface area contributed by atoms with Gasteiger partial charge >= 0.3 is 0 Å². The molecule has 65 valence electrons. The minimum atomic E-state index is 1.02. The van der Waals surface area contributed by atoms with Crippen molar-refractivity contribution in [3.63, 3.8) is 0 Å². The maximum Gasteiger partial charge on any atom is 0.101 e. The number of piperazine rings is 1. The number of nitrogens with zero attached hydrogens (tertiary/aromatic N) is 1. The summed E-state index contributed by atoms with van der Waals surface area (Å²) in [6.07, 6.45) is 1.31. The Hall–Kier alpha value is -0.120. The summed E-state index contributed by atoms with van der Waals surface area (Å²) in [7, 11) is 0. The molecule has 1 aliphatic heterocycles. The molecule has 0 bridgehead atoms. The third-order valence-electron chi connectivity index (χ3n) is 2.02. The van der Waals surface area contributed by atoms with E-state index in [1.165, 1.54) is 6.17 Å². The predicted octanol–water partition coefficient (Wildman–Crippen LogP) is 0.0105. The molecule has 0 saturated carbocycles. The fraction of sp³-hybridized carbons (Fsp3) is 0.875. The molecule has 3 nitrogen and oxygen atoms in total. The first-order chi connectivity index (χ1) is 5.34. The molecule has 0 aromatic rings. The van der Waals surface area contributed by atoms with Crippen LogP contribution in [0.3, 0.4) is 0 Å². The molecule has 11 heavy (non-hydrogen) atoms. The topological polar surface area (TPSA) is 27.3 Å². The summed E-state index contributed by atoms with van der Waals surface area (Å²) < 4.78 is 0. The van der Waals surface area contributed by atoms with Crippen LogP contribution in [0.5, 0.6) is 0 Å². The van der Waals surface area contributed by atoms with Gasteiger partial charge in [-0.1, -0.05) is 6.92 Å². The van der Waals surface area contributed by atoms with Gasteiger partial charge in [0.2, 0.25) is 0 Å². The molecular formula is C8H18N3. The van der Waals surface area contributed by atoms with Gasteiger partial charge in [-0.05, 0) is 13.5 Å². The zero-order valence-corrected chi connectivity index (χ0v) is 7.48. The lowest BCUT2D eigenvalue weighted by Gasteiger charge is -2.32. The minimum Gasteiger partial charge on any atom is -0.314 e. The average Bonchev–Trinajstić information content (AvgIpc) is 2.07. The smallest absolute Gasteiger partial charge is 0.101 e. The van der Waals surface area contributed by atoms with Crippen LogP contribution in [0.4, 0.5) is 0 Å². The van der Waals surface area contributed by atoms with Gasteiger partial charge in [0.25, 0.3) is 0 Å². The second-order valence-corrected chi connectivity index (χ2v) is 2.85. The summed E-state index contributed by atoms with van der Waals surface area (Å²) in [6.45, 7) is 9.80. The lowest BCUT2D eigenvalue weighted by molar-refractivity contribution is 0.231. The number of hydrogen-bond donors (Lipinski definition) is 2. The SMILES string of the molecule is CCN[C](C)N1CCNCC1. The van der Waals surface area contributed by atoms with Gasteiger partial charge in [0.1, 0.15) is 6.17 Å². The van der Waals surface area contributed by atoms with E-state index >= 15 is 0 Å². The maximum absolute atomic E-state index is 3.33. The van der Waals surface area contributed by atoms with Crippen LogP contribution in [-0.2, 0) is 0 Å². The summed E-state index contributed by atoms with van der Waals surface area (Å²) in [5.41, 5.74) is 0. The van der Waals surface area contributed by atoms with Crippen molar-refractivity contribution in [2.75, 3.05) is 32.7 Å². The standard InChI is InChI=1S/C8H18N3/c1-3-10-8(2)11-6-4-9-5-7-11/h9-10H,3-7H2,1-2H3. The molecule has 3 heteroatoms. The highest BCUT2D eigenvalue weighted by Crippen LogP contribution is 2.03. The van der Waals surface area contributed by atoms with Crippen molar-refractivity contribution in [1.82, 2.24) is 15.5 Å². The van der Waals surface area contributed by atoms with E-state index < -0.39 is 0 Å². The Morgan fingerprint density at radius 3 is 2.64 bits per heavy atom. The molecule has 0 atom stereocenters. The molecule has 1 aliphatic rings. The van der Waals surface area contributed by atoms with E-state index in [0.717, 1.165) is 32.7 Å². The predicted molar refractivity (Wildman–Crippen MR) is 47.0 cm³/mol. The maximum atomic E-state index is 3.33. The summed E-state index contributed by atoms with van der Waals surface area (Å²) in [4.78, 5) is 2.39. The highest BCUT2D eigenvalue weighted by molar-refractivity contribution is 4.84. The van der Waals surface area contributed by atoms with Gasteiger partial charge in [0.15, 0.2) is 0 Å². The van der Waals surface area contributed by atoms with Crippen LogP contribution < -0.4 is 10.6 Å². The first-order valence-electron chi connectivity index (χ1n) is 4.37. The lowest BCUT2D eigenvalue weighted by Crippen LogP contribution is -2.48. The van der Waals surface area contributed by atoms with Crippen molar-refractivity contribution in [3.8, 4) is 0 Å². The molecule has 1 radical (unpaired) electrons. The third kappa shape index (κ3) is 2.77. The van der Waals surface area contributed by atoms with Gasteiger partial charge in [-0.15, -0.1) is 0 Å². The van der Waals surface area contributed by atoms with E-state index in [-0.39, 0.29) is 0 Å². The Labute approximate surface area is 69.1 Å². The van der Waals surface area contributed by atoms with Crippen LogP contribution in [0.2, 0.25) is 0 Å². The summed E-state index contributed by atoms with van der Waals surface area (Å²) in [5.74, 6) is 0. The van der Waals surface area contributed by atoms with Crippen LogP contribution in [0.1, 0.15) is 13.8 Å². The third-order valence-corrected chi connectivity index (χ3v) is 2.02. The van der Waals surface area contributed by atoms with Crippen LogP contribution in [0.25, 0.3) is 0 Å². The molecule has 0 amide bonds. The molecule has 0 spiro atoms. The van der Waals surface area contributed by atoms with Crippen molar-refractivity contribution in [1.29, 1.82) is 0 Å². The Balaban J connectivity index is 2.21. The largest absolute Gasteiger partial charge is 0.314 e. The zero-order valence-electron chi connectivity index (χ0n) is 7.48. The van der Waals surface area contributed by atoms with E-state index in [1.807, 2.05) is 0 Å². The van der Waals surface area contributed by atoms with E-state index in [0.29, 0.717) is 0 Å². The fourth-order valence-electron chi connectivity index (χ4n) is 1.37. The molecule has 1 saturated heterocycles. The second-order valence-electron chi connectivity index (χ2n) is 2.85. The number of hydrogen-bond acceptors (Lipinski definition) is 3. The molecule has 0 aliphatic carbocycles. The molecule has 1 fully saturated rings. The number of nitrogens with one attached hydrogen (secondary N) is 2. The number of rotatable bonds is 3. The van der Waals surface area contributed by atoms with Crippen molar-refractivity contribution in [3.05, 3.63) is 6.17 Å². The van der Waals surface area contributed by atoms with Crippen molar-refractivity contribution >= 4 is 0 Å². The van der Waals surface area contributed by atoms with E-state index in [4.69, 9.17) is 0 Å². The first kappa shape index (κ1) is 8.97. The summed E-state index contributed by atoms with van der Waals surface area (Å²) in [6, 6.07) is 0. The molecule has 0 unspecified atom stereocenters. The molecule has 2 N–H and O–H groups in total. The van der Waals surface area contributed by atoms with Gasteiger partial charge in [-0.2, -0.15) is 0 Å². The van der Waals surface area contributed by atoms with Crippen molar-refractivity contribution in [2.45, 2.75) is 13.8 Å². The summed E-state index contributed by atoms with van der Waals surface area (Å²) >= 11 is 0. The van der Waals surface area contributed by atoms with Crippen molar-refractivity contribution < 1.29 is 0 Å². The van der Waals surface area contributed by atoms with Gasteiger partial charge in [0, 0.05) is 26.2 Å². The Morgan fingerprint density at radius 1 is 1.45 bits per heavy atom. The Kier molecular flexibility index (Phi) is 3.83. The van der Waals surface area contributed by atoms with Crippen LogP contribution in [-0.4, -0.2) is 37.6 Å². The van der Waals surface area contributed by atoms with Gasteiger partial charge in [-0.25, -0.2) is 0 Å².